The van der Waals surface area contributed by atoms with E-state index in [2.05, 4.69) is 47.0 Å². The van der Waals surface area contributed by atoms with E-state index in [1.807, 2.05) is 6.07 Å². The number of piperazine rings is 1. The molecule has 1 fully saturated rings. The third-order valence-corrected chi connectivity index (χ3v) is 5.59. The van der Waals surface area contributed by atoms with Crippen LogP contribution in [0.15, 0.2) is 41.6 Å². The molecule has 5 nitrogen and oxygen atoms in total. The first kappa shape index (κ1) is 20.6. The fraction of sp³-hybridized carbons (Fsp3) is 0.409. The first-order valence-electron chi connectivity index (χ1n) is 9.65. The average Bonchev–Trinajstić information content (AvgIpc) is 2.65. The lowest BCUT2D eigenvalue weighted by molar-refractivity contribution is 0.109. The predicted octanol–water partition coefficient (Wildman–Crippen LogP) is 3.49. The van der Waals surface area contributed by atoms with Crippen molar-refractivity contribution in [1.29, 1.82) is 0 Å². The Kier molecular flexibility index (Phi) is 6.94. The van der Waals surface area contributed by atoms with E-state index in [1.165, 1.54) is 23.0 Å². The highest BCUT2D eigenvalue weighted by atomic mass is 35.5. The minimum Gasteiger partial charge on any atom is -0.411 e. The fourth-order valence-corrected chi connectivity index (χ4v) is 4.21. The van der Waals surface area contributed by atoms with Gasteiger partial charge < -0.3 is 15.2 Å². The molecule has 0 bridgehead atoms. The SMILES string of the molecule is Cc1cccc(C)c1N1CCN(CC(O)Cc2cc(Cl)ccc2C=NO)CC1. The van der Waals surface area contributed by atoms with Gasteiger partial charge in [0.2, 0.25) is 0 Å². The Bertz CT molecular complexity index is 812. The highest BCUT2D eigenvalue weighted by Gasteiger charge is 2.21. The van der Waals surface area contributed by atoms with Crippen molar-refractivity contribution >= 4 is 23.5 Å². The predicted molar refractivity (Wildman–Crippen MR) is 115 cm³/mol. The average molecular weight is 402 g/mol. The second kappa shape index (κ2) is 9.41. The molecule has 0 radical (unpaired) electrons. The maximum atomic E-state index is 10.6. The molecule has 2 aromatic rings. The summed E-state index contributed by atoms with van der Waals surface area (Å²) in [5.41, 5.74) is 5.62. The summed E-state index contributed by atoms with van der Waals surface area (Å²) in [6, 6.07) is 11.8. The molecule has 0 spiro atoms. The standard InChI is InChI=1S/C22H28ClN3O2/c1-16-4-3-5-17(2)22(16)26-10-8-25(9-11-26)15-21(27)13-19-12-20(23)7-6-18(19)14-24-28/h3-7,12,14,21,27-28H,8-11,13,15H2,1-2H3. The molecule has 0 aromatic heterocycles. The van der Waals surface area contributed by atoms with Crippen LogP contribution in [-0.2, 0) is 6.42 Å². The second-order valence-electron chi connectivity index (χ2n) is 7.47. The number of para-hydroxylation sites is 1. The number of aliphatic hydroxyl groups excluding tert-OH is 1. The first-order chi connectivity index (χ1) is 13.5. The van der Waals surface area contributed by atoms with Gasteiger partial charge in [0, 0.05) is 49.9 Å². The lowest BCUT2D eigenvalue weighted by atomic mass is 10.0. The fourth-order valence-electron chi connectivity index (χ4n) is 4.01. The molecular formula is C22H28ClN3O2. The van der Waals surface area contributed by atoms with Crippen molar-refractivity contribution in [3.8, 4) is 0 Å². The third kappa shape index (κ3) is 5.04. The van der Waals surface area contributed by atoms with E-state index < -0.39 is 6.10 Å². The van der Waals surface area contributed by atoms with Gasteiger partial charge in [-0.3, -0.25) is 4.90 Å². The van der Waals surface area contributed by atoms with Crippen molar-refractivity contribution in [2.45, 2.75) is 26.4 Å². The normalized spacial score (nSPS) is 16.6. The number of halogens is 1. The topological polar surface area (TPSA) is 59.3 Å². The summed E-state index contributed by atoms with van der Waals surface area (Å²) in [7, 11) is 0. The van der Waals surface area contributed by atoms with Gasteiger partial charge in [0.25, 0.3) is 0 Å². The van der Waals surface area contributed by atoms with Crippen LogP contribution in [0.25, 0.3) is 0 Å². The van der Waals surface area contributed by atoms with Crippen LogP contribution in [0.1, 0.15) is 22.3 Å². The van der Waals surface area contributed by atoms with Gasteiger partial charge >= 0.3 is 0 Å². The quantitative estimate of drug-likeness (QED) is 0.442. The summed E-state index contributed by atoms with van der Waals surface area (Å²) in [6.07, 6.45) is 1.34. The summed E-state index contributed by atoms with van der Waals surface area (Å²) in [5, 5.41) is 23.1. The lowest BCUT2D eigenvalue weighted by Crippen LogP contribution is -2.49. The van der Waals surface area contributed by atoms with Gasteiger partial charge in [0.15, 0.2) is 0 Å². The summed E-state index contributed by atoms with van der Waals surface area (Å²) >= 11 is 6.09. The number of rotatable bonds is 6. The zero-order chi connectivity index (χ0) is 20.1. The van der Waals surface area contributed by atoms with E-state index in [0.717, 1.165) is 37.3 Å². The van der Waals surface area contributed by atoms with Crippen LogP contribution in [0, 0.1) is 13.8 Å². The highest BCUT2D eigenvalue weighted by Crippen LogP contribution is 2.25. The molecule has 150 valence electrons. The molecule has 3 rings (SSSR count). The Balaban J connectivity index is 1.57. The van der Waals surface area contributed by atoms with Gasteiger partial charge in [-0.2, -0.15) is 0 Å². The number of aliphatic hydroxyl groups is 1. The summed E-state index contributed by atoms with van der Waals surface area (Å²) < 4.78 is 0. The molecule has 6 heteroatoms. The van der Waals surface area contributed by atoms with Crippen molar-refractivity contribution < 1.29 is 10.3 Å². The van der Waals surface area contributed by atoms with Crippen molar-refractivity contribution in [2.24, 2.45) is 5.16 Å². The van der Waals surface area contributed by atoms with Crippen molar-refractivity contribution in [2.75, 3.05) is 37.6 Å². The Hall–Kier alpha value is -2.08. The molecule has 0 aliphatic carbocycles. The number of oxime groups is 1. The Morgan fingerprint density at radius 3 is 2.43 bits per heavy atom. The molecule has 0 saturated carbocycles. The number of hydrogen-bond donors (Lipinski definition) is 2. The van der Waals surface area contributed by atoms with Crippen LogP contribution in [0.4, 0.5) is 5.69 Å². The molecule has 0 amide bonds. The van der Waals surface area contributed by atoms with Crippen LogP contribution >= 0.6 is 11.6 Å². The molecule has 2 N–H and O–H groups in total. The number of nitrogens with zero attached hydrogens (tertiary/aromatic N) is 3. The molecule has 1 saturated heterocycles. The molecule has 1 aliphatic rings. The molecule has 1 heterocycles. The number of anilines is 1. The second-order valence-corrected chi connectivity index (χ2v) is 7.91. The minimum absolute atomic E-state index is 0.471. The number of β-amino-alcohol motifs (C(OH)–C–C–N with tert-alkyl or cyclic N) is 1. The summed E-state index contributed by atoms with van der Waals surface area (Å²) in [5.74, 6) is 0. The third-order valence-electron chi connectivity index (χ3n) is 5.35. The first-order valence-corrected chi connectivity index (χ1v) is 10.0. The maximum Gasteiger partial charge on any atom is 0.0736 e. The molecule has 1 aliphatic heterocycles. The number of benzene rings is 2. The monoisotopic (exact) mass is 401 g/mol. The van der Waals surface area contributed by atoms with Crippen molar-refractivity contribution in [3.63, 3.8) is 0 Å². The largest absolute Gasteiger partial charge is 0.411 e. The number of aryl methyl sites for hydroxylation is 2. The number of hydrogen-bond acceptors (Lipinski definition) is 5. The van der Waals surface area contributed by atoms with E-state index in [4.69, 9.17) is 16.8 Å². The van der Waals surface area contributed by atoms with Crippen molar-refractivity contribution in [1.82, 2.24) is 4.90 Å². The van der Waals surface area contributed by atoms with E-state index in [0.29, 0.717) is 18.0 Å². The molecule has 28 heavy (non-hydrogen) atoms. The van der Waals surface area contributed by atoms with E-state index in [9.17, 15) is 5.11 Å². The van der Waals surface area contributed by atoms with Gasteiger partial charge in [-0.15, -0.1) is 0 Å². The van der Waals surface area contributed by atoms with Crippen LogP contribution in [0.3, 0.4) is 0 Å². The zero-order valence-electron chi connectivity index (χ0n) is 16.5. The molecule has 1 atom stereocenters. The van der Waals surface area contributed by atoms with Gasteiger partial charge in [-0.25, -0.2) is 0 Å². The van der Waals surface area contributed by atoms with Crippen LogP contribution < -0.4 is 4.90 Å². The molecule has 2 aromatic carbocycles. The van der Waals surface area contributed by atoms with Gasteiger partial charge in [-0.05, 0) is 48.2 Å². The van der Waals surface area contributed by atoms with Gasteiger partial charge in [0.05, 0.1) is 12.3 Å². The molecular weight excluding hydrogens is 374 g/mol. The molecule has 1 unspecified atom stereocenters. The smallest absolute Gasteiger partial charge is 0.0736 e. The van der Waals surface area contributed by atoms with Crippen LogP contribution in [-0.4, -0.2) is 60.3 Å². The zero-order valence-corrected chi connectivity index (χ0v) is 17.2. The minimum atomic E-state index is -0.504. The maximum absolute atomic E-state index is 10.6. The highest BCUT2D eigenvalue weighted by molar-refractivity contribution is 6.30. The summed E-state index contributed by atoms with van der Waals surface area (Å²) in [6.45, 7) is 8.70. The Morgan fingerprint density at radius 1 is 1.11 bits per heavy atom. The van der Waals surface area contributed by atoms with E-state index >= 15 is 0 Å². The lowest BCUT2D eigenvalue weighted by Gasteiger charge is -2.38. The van der Waals surface area contributed by atoms with Gasteiger partial charge in [-0.1, -0.05) is 41.0 Å². The Labute approximate surface area is 171 Å². The van der Waals surface area contributed by atoms with Crippen LogP contribution in [0.5, 0.6) is 0 Å². The summed E-state index contributed by atoms with van der Waals surface area (Å²) in [4.78, 5) is 4.75. The Morgan fingerprint density at radius 2 is 1.79 bits per heavy atom. The van der Waals surface area contributed by atoms with E-state index in [-0.39, 0.29) is 0 Å². The van der Waals surface area contributed by atoms with Crippen molar-refractivity contribution in [3.05, 3.63) is 63.7 Å². The van der Waals surface area contributed by atoms with Gasteiger partial charge in [0.1, 0.15) is 0 Å². The van der Waals surface area contributed by atoms with E-state index in [1.54, 1.807) is 12.1 Å². The van der Waals surface area contributed by atoms with Crippen LogP contribution in [0.2, 0.25) is 5.02 Å².